The van der Waals surface area contributed by atoms with Crippen LogP contribution in [0.5, 0.6) is 0 Å². The molecule has 0 radical (unpaired) electrons. The topological polar surface area (TPSA) is 64.9 Å². The highest BCUT2D eigenvalue weighted by Crippen LogP contribution is 2.31. The van der Waals surface area contributed by atoms with Crippen molar-refractivity contribution in [2.45, 2.75) is 44.1 Å². The minimum absolute atomic E-state index is 0.208. The SMILES string of the molecule is N#C[C@H](c1ccccc1)c1ccc(NC(=O)NC2CCCCC2)cc1Cl. The number of nitrogens with one attached hydrogen (secondary N) is 2. The van der Waals surface area contributed by atoms with E-state index in [0.717, 1.165) is 24.0 Å². The minimum Gasteiger partial charge on any atom is -0.335 e. The number of nitriles is 1. The zero-order valence-corrected chi connectivity index (χ0v) is 15.3. The van der Waals surface area contributed by atoms with E-state index in [1.807, 2.05) is 30.3 Å². The van der Waals surface area contributed by atoms with E-state index in [0.29, 0.717) is 10.7 Å². The summed E-state index contributed by atoms with van der Waals surface area (Å²) in [5.41, 5.74) is 2.25. The Kier molecular flexibility index (Phi) is 6.14. The molecule has 0 saturated heterocycles. The predicted molar refractivity (Wildman–Crippen MR) is 104 cm³/mol. The molecule has 3 rings (SSSR count). The zero-order valence-electron chi connectivity index (χ0n) is 14.5. The van der Waals surface area contributed by atoms with Crippen LogP contribution in [0.25, 0.3) is 0 Å². The molecule has 2 aromatic rings. The van der Waals surface area contributed by atoms with Crippen LogP contribution in [0.4, 0.5) is 10.5 Å². The number of benzene rings is 2. The molecule has 26 heavy (non-hydrogen) atoms. The van der Waals surface area contributed by atoms with Crippen LogP contribution in [0, 0.1) is 11.3 Å². The number of halogens is 1. The van der Waals surface area contributed by atoms with Gasteiger partial charge >= 0.3 is 6.03 Å². The van der Waals surface area contributed by atoms with E-state index in [4.69, 9.17) is 11.6 Å². The molecule has 0 aliphatic heterocycles. The molecular weight excluding hydrogens is 346 g/mol. The highest BCUT2D eigenvalue weighted by molar-refractivity contribution is 6.31. The van der Waals surface area contributed by atoms with Crippen LogP contribution in [-0.2, 0) is 0 Å². The van der Waals surface area contributed by atoms with E-state index in [1.165, 1.54) is 19.3 Å². The summed E-state index contributed by atoms with van der Waals surface area (Å²) in [6.45, 7) is 0. The third-order valence-electron chi connectivity index (χ3n) is 4.77. The first-order valence-corrected chi connectivity index (χ1v) is 9.36. The lowest BCUT2D eigenvalue weighted by Crippen LogP contribution is -2.39. The van der Waals surface area contributed by atoms with Gasteiger partial charge in [-0.2, -0.15) is 5.26 Å². The maximum Gasteiger partial charge on any atom is 0.319 e. The average Bonchev–Trinajstić information content (AvgIpc) is 2.65. The fraction of sp³-hybridized carbons (Fsp3) is 0.333. The Morgan fingerprint density at radius 2 is 1.85 bits per heavy atom. The van der Waals surface area contributed by atoms with Gasteiger partial charge in [0.2, 0.25) is 0 Å². The summed E-state index contributed by atoms with van der Waals surface area (Å²) in [5.74, 6) is -0.436. The second-order valence-electron chi connectivity index (χ2n) is 6.64. The van der Waals surface area contributed by atoms with Crippen LogP contribution < -0.4 is 10.6 Å². The Balaban J connectivity index is 1.69. The first-order chi connectivity index (χ1) is 12.7. The number of anilines is 1. The number of nitrogens with zero attached hydrogens (tertiary/aromatic N) is 1. The maximum atomic E-state index is 12.2. The Morgan fingerprint density at radius 1 is 1.12 bits per heavy atom. The Labute approximate surface area is 159 Å². The molecule has 1 fully saturated rings. The van der Waals surface area contributed by atoms with Gasteiger partial charge in [0.1, 0.15) is 0 Å². The summed E-state index contributed by atoms with van der Waals surface area (Å²) < 4.78 is 0. The molecule has 5 heteroatoms. The molecule has 1 aliphatic rings. The summed E-state index contributed by atoms with van der Waals surface area (Å²) in [6.07, 6.45) is 5.65. The number of rotatable bonds is 4. The van der Waals surface area contributed by atoms with Crippen molar-refractivity contribution in [2.24, 2.45) is 0 Å². The predicted octanol–water partition coefficient (Wildman–Crippen LogP) is 5.45. The second kappa shape index (κ2) is 8.73. The first kappa shape index (κ1) is 18.3. The van der Waals surface area contributed by atoms with E-state index < -0.39 is 5.92 Å². The van der Waals surface area contributed by atoms with Crippen molar-refractivity contribution in [2.75, 3.05) is 5.32 Å². The third-order valence-corrected chi connectivity index (χ3v) is 5.10. The standard InChI is InChI=1S/C21H22ClN3O/c22-20-13-17(25-21(26)24-16-9-5-2-6-10-16)11-12-18(20)19(14-23)15-7-3-1-4-8-15/h1,3-4,7-8,11-13,16,19H,2,5-6,9-10H2,(H2,24,25,26)/t19-/m1/s1. The van der Waals surface area contributed by atoms with Crippen molar-refractivity contribution in [3.05, 3.63) is 64.7 Å². The highest BCUT2D eigenvalue weighted by Gasteiger charge is 2.18. The highest BCUT2D eigenvalue weighted by atomic mass is 35.5. The summed E-state index contributed by atoms with van der Waals surface area (Å²) in [5, 5.41) is 15.9. The average molecular weight is 368 g/mol. The number of hydrogen-bond donors (Lipinski definition) is 2. The number of carbonyl (C=O) groups is 1. The number of amides is 2. The molecule has 1 saturated carbocycles. The molecule has 1 atom stereocenters. The lowest BCUT2D eigenvalue weighted by molar-refractivity contribution is 0.244. The zero-order chi connectivity index (χ0) is 18.4. The Morgan fingerprint density at radius 3 is 2.50 bits per heavy atom. The summed E-state index contributed by atoms with van der Waals surface area (Å²) in [4.78, 5) is 12.2. The monoisotopic (exact) mass is 367 g/mol. The summed E-state index contributed by atoms with van der Waals surface area (Å²) >= 11 is 6.41. The van der Waals surface area contributed by atoms with Crippen molar-refractivity contribution in [3.63, 3.8) is 0 Å². The van der Waals surface area contributed by atoms with Gasteiger partial charge in [-0.15, -0.1) is 0 Å². The smallest absolute Gasteiger partial charge is 0.319 e. The molecule has 2 amide bonds. The van der Waals surface area contributed by atoms with Gasteiger partial charge in [-0.1, -0.05) is 67.3 Å². The van der Waals surface area contributed by atoms with Gasteiger partial charge in [-0.3, -0.25) is 0 Å². The third kappa shape index (κ3) is 4.56. The van der Waals surface area contributed by atoms with Gasteiger partial charge in [0.05, 0.1) is 12.0 Å². The van der Waals surface area contributed by atoms with Crippen LogP contribution in [0.3, 0.4) is 0 Å². The van der Waals surface area contributed by atoms with E-state index >= 15 is 0 Å². The molecule has 2 aromatic carbocycles. The maximum absolute atomic E-state index is 12.2. The van der Waals surface area contributed by atoms with Gasteiger partial charge in [-0.25, -0.2) is 4.79 Å². The molecule has 0 unspecified atom stereocenters. The first-order valence-electron chi connectivity index (χ1n) is 8.99. The second-order valence-corrected chi connectivity index (χ2v) is 7.05. The van der Waals surface area contributed by atoms with Crippen LogP contribution >= 0.6 is 11.6 Å². The van der Waals surface area contributed by atoms with E-state index in [2.05, 4.69) is 16.7 Å². The molecule has 0 bridgehead atoms. The van der Waals surface area contributed by atoms with Crippen molar-refractivity contribution >= 4 is 23.3 Å². The lowest BCUT2D eigenvalue weighted by Gasteiger charge is -2.23. The van der Waals surface area contributed by atoms with Gasteiger partial charge in [0, 0.05) is 16.8 Å². The Hall–Kier alpha value is -2.51. The quantitative estimate of drug-likeness (QED) is 0.754. The molecule has 0 aromatic heterocycles. The number of carbonyl (C=O) groups excluding carboxylic acids is 1. The summed E-state index contributed by atoms with van der Waals surface area (Å²) in [7, 11) is 0. The molecule has 0 spiro atoms. The molecule has 4 nitrogen and oxygen atoms in total. The van der Waals surface area contributed by atoms with Crippen molar-refractivity contribution < 1.29 is 4.79 Å². The van der Waals surface area contributed by atoms with Crippen LogP contribution in [0.15, 0.2) is 48.5 Å². The molecule has 1 aliphatic carbocycles. The van der Waals surface area contributed by atoms with Crippen LogP contribution in [0.1, 0.15) is 49.1 Å². The molecule has 2 N–H and O–H groups in total. The summed E-state index contributed by atoms with van der Waals surface area (Å²) in [6, 6.07) is 17.2. The van der Waals surface area contributed by atoms with Crippen LogP contribution in [-0.4, -0.2) is 12.1 Å². The van der Waals surface area contributed by atoms with Gasteiger partial charge < -0.3 is 10.6 Å². The normalized spacial score (nSPS) is 15.7. The molecular formula is C21H22ClN3O. The fourth-order valence-corrected chi connectivity index (χ4v) is 3.70. The fourth-order valence-electron chi connectivity index (χ4n) is 3.41. The number of urea groups is 1. The lowest BCUT2D eigenvalue weighted by atomic mass is 9.92. The molecule has 134 valence electrons. The minimum atomic E-state index is -0.436. The van der Waals surface area contributed by atoms with Crippen molar-refractivity contribution in [1.29, 1.82) is 5.26 Å². The van der Waals surface area contributed by atoms with E-state index in [1.54, 1.807) is 18.2 Å². The van der Waals surface area contributed by atoms with E-state index in [-0.39, 0.29) is 12.1 Å². The largest absolute Gasteiger partial charge is 0.335 e. The Bertz CT molecular complexity index is 795. The van der Waals surface area contributed by atoms with Crippen molar-refractivity contribution in [1.82, 2.24) is 5.32 Å². The van der Waals surface area contributed by atoms with E-state index in [9.17, 15) is 10.1 Å². The van der Waals surface area contributed by atoms with Crippen LogP contribution in [0.2, 0.25) is 5.02 Å². The van der Waals surface area contributed by atoms with Crippen molar-refractivity contribution in [3.8, 4) is 6.07 Å². The number of hydrogen-bond acceptors (Lipinski definition) is 2. The van der Waals surface area contributed by atoms with Gasteiger partial charge in [0.25, 0.3) is 0 Å². The van der Waals surface area contributed by atoms with Gasteiger partial charge in [0.15, 0.2) is 0 Å². The molecule has 0 heterocycles. The van der Waals surface area contributed by atoms with Gasteiger partial charge in [-0.05, 0) is 36.1 Å².